The number of epoxide rings is 1. The maximum Gasteiger partial charge on any atom is 0.314 e. The largest absolute Gasteiger partial charge is 0.459 e. The van der Waals surface area contributed by atoms with E-state index in [0.29, 0.717) is 18.6 Å². The minimum absolute atomic E-state index is 0.0499. The molecule has 0 spiro atoms. The van der Waals surface area contributed by atoms with Crippen molar-refractivity contribution in [3.05, 3.63) is 34.9 Å². The number of esters is 1. The van der Waals surface area contributed by atoms with E-state index in [1.807, 2.05) is 6.92 Å². The van der Waals surface area contributed by atoms with Crippen molar-refractivity contribution in [2.45, 2.75) is 64.6 Å². The first kappa shape index (κ1) is 17.9. The van der Waals surface area contributed by atoms with Gasteiger partial charge in [-0.05, 0) is 38.8 Å². The zero-order valence-electron chi connectivity index (χ0n) is 14.3. The van der Waals surface area contributed by atoms with Gasteiger partial charge in [0.1, 0.15) is 17.2 Å². The Balaban J connectivity index is 2.44. The molecule has 0 amide bonds. The number of rotatable bonds is 5. The van der Waals surface area contributed by atoms with Gasteiger partial charge in [0.15, 0.2) is 0 Å². The van der Waals surface area contributed by atoms with Crippen LogP contribution in [0.4, 0.5) is 8.78 Å². The van der Waals surface area contributed by atoms with Gasteiger partial charge in [0.2, 0.25) is 0 Å². The van der Waals surface area contributed by atoms with E-state index in [9.17, 15) is 13.6 Å². The lowest BCUT2D eigenvalue weighted by Crippen LogP contribution is -2.29. The van der Waals surface area contributed by atoms with E-state index in [2.05, 4.69) is 0 Å². The number of hydrogen-bond donors (Lipinski definition) is 0. The summed E-state index contributed by atoms with van der Waals surface area (Å²) in [6.45, 7) is 9.51. The van der Waals surface area contributed by atoms with Gasteiger partial charge in [-0.1, -0.05) is 13.8 Å². The molecule has 1 heterocycles. The summed E-state index contributed by atoms with van der Waals surface area (Å²) >= 11 is 0. The predicted octanol–water partition coefficient (Wildman–Crippen LogP) is 4.30. The van der Waals surface area contributed by atoms with Gasteiger partial charge in [-0.2, -0.15) is 0 Å². The molecular formula is C18H24F2O3. The van der Waals surface area contributed by atoms with Crippen molar-refractivity contribution in [1.29, 1.82) is 0 Å². The van der Waals surface area contributed by atoms with Crippen molar-refractivity contribution >= 4 is 5.97 Å². The molecule has 0 aromatic heterocycles. The summed E-state index contributed by atoms with van der Waals surface area (Å²) in [4.78, 5) is 12.5. The maximum atomic E-state index is 14.5. The van der Waals surface area contributed by atoms with Gasteiger partial charge in [-0.15, -0.1) is 0 Å². The molecular weight excluding hydrogens is 302 g/mol. The number of halogens is 2. The Hall–Kier alpha value is -1.49. The van der Waals surface area contributed by atoms with Crippen LogP contribution in [0.5, 0.6) is 0 Å². The molecule has 0 radical (unpaired) electrons. The smallest absolute Gasteiger partial charge is 0.314 e. The van der Waals surface area contributed by atoms with E-state index in [1.54, 1.807) is 27.7 Å². The third-order valence-corrected chi connectivity index (χ3v) is 3.98. The van der Waals surface area contributed by atoms with Gasteiger partial charge in [-0.25, -0.2) is 8.78 Å². The standard InChI is InChI=1S/C18H24F2O3/c1-6-12(17(21)23-18(3,4)5)16-13(10(2)15-9-22-15)7-11(19)8-14(16)20/h7-8,10,12,15H,6,9H2,1-5H3. The molecule has 0 saturated carbocycles. The Bertz CT molecular complexity index is 589. The average Bonchev–Trinajstić information content (AvgIpc) is 3.22. The van der Waals surface area contributed by atoms with Crippen LogP contribution in [-0.2, 0) is 14.3 Å². The van der Waals surface area contributed by atoms with Crippen molar-refractivity contribution in [2.75, 3.05) is 6.61 Å². The van der Waals surface area contributed by atoms with Gasteiger partial charge < -0.3 is 9.47 Å². The molecule has 3 atom stereocenters. The molecule has 3 nitrogen and oxygen atoms in total. The second-order valence-electron chi connectivity index (χ2n) is 7.05. The molecule has 5 heteroatoms. The molecule has 23 heavy (non-hydrogen) atoms. The minimum atomic E-state index is -0.758. The highest BCUT2D eigenvalue weighted by Crippen LogP contribution is 2.38. The van der Waals surface area contributed by atoms with Gasteiger partial charge in [0.05, 0.1) is 18.6 Å². The molecule has 1 aliphatic rings. The van der Waals surface area contributed by atoms with E-state index in [-0.39, 0.29) is 17.6 Å². The highest BCUT2D eigenvalue weighted by molar-refractivity contribution is 5.79. The molecule has 1 aliphatic heterocycles. The minimum Gasteiger partial charge on any atom is -0.459 e. The lowest BCUT2D eigenvalue weighted by Gasteiger charge is -2.26. The zero-order valence-corrected chi connectivity index (χ0v) is 14.3. The molecule has 0 bridgehead atoms. The lowest BCUT2D eigenvalue weighted by atomic mass is 9.85. The first-order valence-electron chi connectivity index (χ1n) is 7.97. The quantitative estimate of drug-likeness (QED) is 0.598. The summed E-state index contributed by atoms with van der Waals surface area (Å²) < 4.78 is 38.9. The Labute approximate surface area is 136 Å². The van der Waals surface area contributed by atoms with Crippen LogP contribution in [0.1, 0.15) is 64.0 Å². The van der Waals surface area contributed by atoms with Crippen LogP contribution in [-0.4, -0.2) is 24.3 Å². The van der Waals surface area contributed by atoms with Crippen LogP contribution in [0, 0.1) is 11.6 Å². The Morgan fingerprint density at radius 2 is 2.00 bits per heavy atom. The van der Waals surface area contributed by atoms with Crippen LogP contribution in [0.15, 0.2) is 12.1 Å². The number of hydrogen-bond acceptors (Lipinski definition) is 3. The molecule has 1 fully saturated rings. The first-order valence-corrected chi connectivity index (χ1v) is 7.97. The number of carbonyl (C=O) groups is 1. The van der Waals surface area contributed by atoms with Crippen molar-refractivity contribution in [3.8, 4) is 0 Å². The van der Waals surface area contributed by atoms with E-state index in [0.717, 1.165) is 6.07 Å². The lowest BCUT2D eigenvalue weighted by molar-refractivity contribution is -0.157. The molecule has 0 aliphatic carbocycles. The van der Waals surface area contributed by atoms with Gasteiger partial charge in [-0.3, -0.25) is 4.79 Å². The van der Waals surface area contributed by atoms with Crippen molar-refractivity contribution in [1.82, 2.24) is 0 Å². The van der Waals surface area contributed by atoms with E-state index >= 15 is 0 Å². The van der Waals surface area contributed by atoms with E-state index < -0.39 is 29.1 Å². The molecule has 0 N–H and O–H groups in total. The monoisotopic (exact) mass is 326 g/mol. The molecule has 1 aromatic carbocycles. The Morgan fingerprint density at radius 1 is 1.39 bits per heavy atom. The fourth-order valence-electron chi connectivity index (χ4n) is 2.76. The van der Waals surface area contributed by atoms with Crippen molar-refractivity contribution in [2.24, 2.45) is 0 Å². The van der Waals surface area contributed by atoms with Crippen LogP contribution in [0.25, 0.3) is 0 Å². The summed E-state index contributed by atoms with van der Waals surface area (Å²) in [7, 11) is 0. The SMILES string of the molecule is CCC(C(=O)OC(C)(C)C)c1c(F)cc(F)cc1C(C)C1CO1. The topological polar surface area (TPSA) is 38.8 Å². The summed E-state index contributed by atoms with van der Waals surface area (Å²) in [5.74, 6) is -2.77. The third-order valence-electron chi connectivity index (χ3n) is 3.98. The fraction of sp³-hybridized carbons (Fsp3) is 0.611. The van der Waals surface area contributed by atoms with Gasteiger partial charge in [0, 0.05) is 17.5 Å². The summed E-state index contributed by atoms with van der Waals surface area (Å²) in [6, 6.07) is 2.13. The summed E-state index contributed by atoms with van der Waals surface area (Å²) in [5.41, 5.74) is 0.0562. The predicted molar refractivity (Wildman–Crippen MR) is 83.4 cm³/mol. The van der Waals surface area contributed by atoms with Crippen molar-refractivity contribution in [3.63, 3.8) is 0 Å². The molecule has 1 aromatic rings. The molecule has 3 unspecified atom stereocenters. The fourth-order valence-corrected chi connectivity index (χ4v) is 2.76. The van der Waals surface area contributed by atoms with Crippen LogP contribution in [0.3, 0.4) is 0 Å². The number of benzene rings is 1. The van der Waals surface area contributed by atoms with Gasteiger partial charge >= 0.3 is 5.97 Å². The van der Waals surface area contributed by atoms with Crippen LogP contribution < -0.4 is 0 Å². The number of ether oxygens (including phenoxy) is 2. The molecule has 2 rings (SSSR count). The molecule has 1 saturated heterocycles. The maximum absolute atomic E-state index is 14.5. The Morgan fingerprint density at radius 3 is 2.48 bits per heavy atom. The normalized spacial score (nSPS) is 20.0. The number of carbonyl (C=O) groups excluding carboxylic acids is 1. The Kier molecular flexibility index (Phi) is 5.09. The highest BCUT2D eigenvalue weighted by Gasteiger charge is 2.36. The highest BCUT2D eigenvalue weighted by atomic mass is 19.1. The van der Waals surface area contributed by atoms with E-state index in [4.69, 9.17) is 9.47 Å². The van der Waals surface area contributed by atoms with E-state index in [1.165, 1.54) is 6.07 Å². The van der Waals surface area contributed by atoms with Crippen LogP contribution in [0.2, 0.25) is 0 Å². The average molecular weight is 326 g/mol. The first-order chi connectivity index (χ1) is 10.6. The van der Waals surface area contributed by atoms with Crippen LogP contribution >= 0.6 is 0 Å². The summed E-state index contributed by atoms with van der Waals surface area (Å²) in [5, 5.41) is 0. The van der Waals surface area contributed by atoms with Gasteiger partial charge in [0.25, 0.3) is 0 Å². The third kappa shape index (κ3) is 4.28. The zero-order chi connectivity index (χ0) is 17.4. The second kappa shape index (κ2) is 6.56. The molecule has 128 valence electrons. The second-order valence-corrected chi connectivity index (χ2v) is 7.05. The summed E-state index contributed by atoms with van der Waals surface area (Å²) in [6.07, 6.45) is 0.328. The van der Waals surface area contributed by atoms with Crippen molar-refractivity contribution < 1.29 is 23.0 Å².